The lowest BCUT2D eigenvalue weighted by Gasteiger charge is -2.27. The van der Waals surface area contributed by atoms with Crippen LogP contribution >= 0.6 is 21.6 Å². The van der Waals surface area contributed by atoms with Crippen molar-refractivity contribution in [2.45, 2.75) is 12.2 Å². The molecule has 0 radical (unpaired) electrons. The van der Waals surface area contributed by atoms with E-state index in [2.05, 4.69) is 0 Å². The Bertz CT molecular complexity index is 251. The minimum absolute atomic E-state index is 0.124. The SMILES string of the molecule is COC1CSSC[C@@H]1OS(C)(=O)=O. The second kappa shape index (κ2) is 4.88. The standard InChI is InChI=1S/C6H12O4S3/c1-9-5-3-11-12-4-6(5)10-13(2,7)8/h5-6H,3-4H2,1-2H3/t5?,6-/m0/s1. The highest BCUT2D eigenvalue weighted by atomic mass is 33.1. The molecule has 1 unspecified atom stereocenters. The van der Waals surface area contributed by atoms with Gasteiger partial charge in [0.25, 0.3) is 10.1 Å². The van der Waals surface area contributed by atoms with Crippen molar-refractivity contribution < 1.29 is 17.3 Å². The molecule has 1 saturated heterocycles. The number of rotatable bonds is 3. The van der Waals surface area contributed by atoms with Crippen LogP contribution in [0, 0.1) is 0 Å². The third-order valence-electron chi connectivity index (χ3n) is 1.56. The van der Waals surface area contributed by atoms with E-state index in [9.17, 15) is 8.42 Å². The first-order valence-electron chi connectivity index (χ1n) is 3.68. The van der Waals surface area contributed by atoms with E-state index >= 15 is 0 Å². The van der Waals surface area contributed by atoms with Crippen molar-refractivity contribution in [3.8, 4) is 0 Å². The molecule has 0 aromatic carbocycles. The smallest absolute Gasteiger partial charge is 0.264 e. The van der Waals surface area contributed by atoms with E-state index in [1.54, 1.807) is 28.7 Å². The van der Waals surface area contributed by atoms with Crippen molar-refractivity contribution in [1.29, 1.82) is 0 Å². The van der Waals surface area contributed by atoms with Crippen LogP contribution in [0.2, 0.25) is 0 Å². The summed E-state index contributed by atoms with van der Waals surface area (Å²) in [4.78, 5) is 0. The summed E-state index contributed by atoms with van der Waals surface area (Å²) in [5.41, 5.74) is 0. The average molecular weight is 244 g/mol. The van der Waals surface area contributed by atoms with Gasteiger partial charge in [0.05, 0.1) is 12.4 Å². The third kappa shape index (κ3) is 4.07. The van der Waals surface area contributed by atoms with Gasteiger partial charge in [0.2, 0.25) is 0 Å². The summed E-state index contributed by atoms with van der Waals surface area (Å²) in [6.07, 6.45) is 0.596. The first-order valence-corrected chi connectivity index (χ1v) is 7.99. The van der Waals surface area contributed by atoms with Crippen LogP contribution in [-0.4, -0.2) is 45.5 Å². The summed E-state index contributed by atoms with van der Waals surface area (Å²) in [6.45, 7) is 0. The maximum absolute atomic E-state index is 10.9. The first-order chi connectivity index (χ1) is 6.03. The Hall–Kier alpha value is 0.570. The molecule has 0 aromatic heterocycles. The lowest BCUT2D eigenvalue weighted by molar-refractivity contribution is 0.0317. The molecule has 0 bridgehead atoms. The summed E-state index contributed by atoms with van der Waals surface area (Å²) in [5.74, 6) is 1.41. The average Bonchev–Trinajstić information content (AvgIpc) is 2.02. The first kappa shape index (κ1) is 11.6. The van der Waals surface area contributed by atoms with Crippen molar-refractivity contribution >= 4 is 31.7 Å². The maximum atomic E-state index is 10.9. The van der Waals surface area contributed by atoms with Gasteiger partial charge in [-0.1, -0.05) is 21.6 Å². The third-order valence-corrected chi connectivity index (χ3v) is 4.57. The highest BCUT2D eigenvalue weighted by Crippen LogP contribution is 2.32. The number of hydrogen-bond donors (Lipinski definition) is 0. The summed E-state index contributed by atoms with van der Waals surface area (Å²) in [5, 5.41) is 0. The Kier molecular flexibility index (Phi) is 4.37. The second-order valence-electron chi connectivity index (χ2n) is 2.68. The van der Waals surface area contributed by atoms with Crippen LogP contribution in [-0.2, 0) is 19.0 Å². The lowest BCUT2D eigenvalue weighted by Crippen LogP contribution is -2.38. The van der Waals surface area contributed by atoms with Crippen molar-refractivity contribution in [3.63, 3.8) is 0 Å². The van der Waals surface area contributed by atoms with E-state index in [0.29, 0.717) is 5.75 Å². The topological polar surface area (TPSA) is 52.6 Å². The Labute approximate surface area is 86.3 Å². The highest BCUT2D eigenvalue weighted by Gasteiger charge is 2.29. The molecule has 0 aromatic rings. The fourth-order valence-corrected chi connectivity index (χ4v) is 4.18. The summed E-state index contributed by atoms with van der Waals surface area (Å²) in [6, 6.07) is 0. The normalized spacial score (nSPS) is 30.3. The van der Waals surface area contributed by atoms with E-state index in [1.807, 2.05) is 0 Å². The highest BCUT2D eigenvalue weighted by molar-refractivity contribution is 8.76. The van der Waals surface area contributed by atoms with Gasteiger partial charge >= 0.3 is 0 Å². The molecule has 7 heteroatoms. The molecule has 2 atom stereocenters. The molecule has 0 amide bonds. The van der Waals surface area contributed by atoms with Crippen molar-refractivity contribution in [1.82, 2.24) is 0 Å². The fourth-order valence-electron chi connectivity index (χ4n) is 0.979. The fraction of sp³-hybridized carbons (Fsp3) is 1.00. The zero-order valence-electron chi connectivity index (χ0n) is 7.43. The van der Waals surface area contributed by atoms with Crippen molar-refractivity contribution in [2.24, 2.45) is 0 Å². The van der Waals surface area contributed by atoms with Gasteiger partial charge in [0.1, 0.15) is 6.10 Å². The molecule has 1 rings (SSSR count). The van der Waals surface area contributed by atoms with E-state index in [0.717, 1.165) is 12.0 Å². The zero-order chi connectivity index (χ0) is 9.90. The monoisotopic (exact) mass is 244 g/mol. The van der Waals surface area contributed by atoms with Gasteiger partial charge in [-0.05, 0) is 0 Å². The lowest BCUT2D eigenvalue weighted by atomic mass is 10.2. The predicted molar refractivity (Wildman–Crippen MR) is 55.4 cm³/mol. The molecule has 0 spiro atoms. The van der Waals surface area contributed by atoms with Crippen LogP contribution in [0.5, 0.6) is 0 Å². The molecule has 0 saturated carbocycles. The second-order valence-corrected chi connectivity index (χ2v) is 6.83. The van der Waals surface area contributed by atoms with Gasteiger partial charge in [-0.25, -0.2) is 0 Å². The van der Waals surface area contributed by atoms with Gasteiger partial charge in [0, 0.05) is 18.6 Å². The molecule has 4 nitrogen and oxygen atoms in total. The predicted octanol–water partition coefficient (Wildman–Crippen LogP) is 0.741. The van der Waals surface area contributed by atoms with E-state index in [1.165, 1.54) is 0 Å². The molecule has 1 fully saturated rings. The molecule has 0 N–H and O–H groups in total. The van der Waals surface area contributed by atoms with Crippen LogP contribution in [0.4, 0.5) is 0 Å². The van der Waals surface area contributed by atoms with Crippen LogP contribution in [0.3, 0.4) is 0 Å². The van der Waals surface area contributed by atoms with E-state index in [4.69, 9.17) is 8.92 Å². The minimum atomic E-state index is -3.37. The zero-order valence-corrected chi connectivity index (χ0v) is 9.88. The quantitative estimate of drug-likeness (QED) is 0.539. The molecule has 1 aliphatic heterocycles. The Morgan fingerprint density at radius 1 is 1.23 bits per heavy atom. The summed E-state index contributed by atoms with van der Waals surface area (Å²) >= 11 is 0. The molecule has 78 valence electrons. The van der Waals surface area contributed by atoms with E-state index in [-0.39, 0.29) is 12.2 Å². The largest absolute Gasteiger partial charge is 0.378 e. The van der Waals surface area contributed by atoms with Gasteiger partial charge in [-0.15, -0.1) is 0 Å². The van der Waals surface area contributed by atoms with Gasteiger partial charge in [-0.3, -0.25) is 4.18 Å². The van der Waals surface area contributed by atoms with Crippen LogP contribution < -0.4 is 0 Å². The Balaban J connectivity index is 2.55. The molecular formula is C6H12O4S3. The summed E-state index contributed by atoms with van der Waals surface area (Å²) in [7, 11) is 1.48. The molecule has 1 aliphatic rings. The van der Waals surface area contributed by atoms with Gasteiger partial charge in [0.15, 0.2) is 0 Å². The van der Waals surface area contributed by atoms with Gasteiger partial charge < -0.3 is 4.74 Å². The molecular weight excluding hydrogens is 232 g/mol. The Morgan fingerprint density at radius 3 is 2.23 bits per heavy atom. The number of hydrogen-bond acceptors (Lipinski definition) is 6. The van der Waals surface area contributed by atoms with Crippen LogP contribution in [0.1, 0.15) is 0 Å². The van der Waals surface area contributed by atoms with Crippen molar-refractivity contribution in [2.75, 3.05) is 24.9 Å². The Morgan fingerprint density at radius 2 is 1.77 bits per heavy atom. The maximum Gasteiger partial charge on any atom is 0.264 e. The van der Waals surface area contributed by atoms with E-state index < -0.39 is 10.1 Å². The number of methoxy groups -OCH3 is 1. The van der Waals surface area contributed by atoms with Crippen LogP contribution in [0.25, 0.3) is 0 Å². The number of ether oxygens (including phenoxy) is 1. The molecule has 13 heavy (non-hydrogen) atoms. The van der Waals surface area contributed by atoms with Gasteiger partial charge in [-0.2, -0.15) is 8.42 Å². The van der Waals surface area contributed by atoms with Crippen molar-refractivity contribution in [3.05, 3.63) is 0 Å². The molecule has 1 heterocycles. The molecule has 0 aliphatic carbocycles. The minimum Gasteiger partial charge on any atom is -0.378 e. The summed E-state index contributed by atoms with van der Waals surface area (Å²) < 4.78 is 31.8. The van der Waals surface area contributed by atoms with Crippen LogP contribution in [0.15, 0.2) is 0 Å².